The maximum absolute atomic E-state index is 12.0. The van der Waals surface area contributed by atoms with Gasteiger partial charge >= 0.3 is 0 Å². The molecule has 0 bridgehead atoms. The Morgan fingerprint density at radius 3 is 2.75 bits per heavy atom. The molecule has 20 heavy (non-hydrogen) atoms. The Bertz CT molecular complexity index is 490. The van der Waals surface area contributed by atoms with Gasteiger partial charge in [0.25, 0.3) is 0 Å². The molecule has 1 aromatic heterocycles. The van der Waals surface area contributed by atoms with Crippen LogP contribution in [0.3, 0.4) is 0 Å². The number of amides is 1. The fourth-order valence-electron chi connectivity index (χ4n) is 3.35. The van der Waals surface area contributed by atoms with Gasteiger partial charge in [-0.25, -0.2) is 4.98 Å². The minimum absolute atomic E-state index is 0.189. The van der Waals surface area contributed by atoms with Gasteiger partial charge in [0.1, 0.15) is 5.00 Å². The zero-order valence-electron chi connectivity index (χ0n) is 12.4. The van der Waals surface area contributed by atoms with Crippen LogP contribution < -0.4 is 5.32 Å². The first-order chi connectivity index (χ1) is 9.56. The van der Waals surface area contributed by atoms with Crippen molar-refractivity contribution in [1.82, 2.24) is 4.98 Å². The summed E-state index contributed by atoms with van der Waals surface area (Å²) >= 11 is 1.68. The van der Waals surface area contributed by atoms with Crippen LogP contribution in [0.5, 0.6) is 0 Å². The highest BCUT2D eigenvalue weighted by Gasteiger charge is 2.35. The molecular weight excluding hydrogens is 268 g/mol. The van der Waals surface area contributed by atoms with Crippen LogP contribution in [0, 0.1) is 11.3 Å². The second kappa shape index (κ2) is 5.47. The Morgan fingerprint density at radius 2 is 2.10 bits per heavy atom. The zero-order valence-corrected chi connectivity index (χ0v) is 13.3. The second-order valence-electron chi connectivity index (χ2n) is 6.97. The first-order valence-electron chi connectivity index (χ1n) is 7.83. The Balaban J connectivity index is 1.68. The van der Waals surface area contributed by atoms with Crippen molar-refractivity contribution in [3.05, 3.63) is 11.2 Å². The smallest absolute Gasteiger partial charge is 0.228 e. The monoisotopic (exact) mass is 292 g/mol. The van der Waals surface area contributed by atoms with E-state index in [1.165, 1.54) is 37.1 Å². The minimum atomic E-state index is 0.189. The molecule has 1 amide bonds. The number of thiazole rings is 1. The number of rotatable bonds is 3. The van der Waals surface area contributed by atoms with Crippen molar-refractivity contribution < 1.29 is 4.79 Å². The van der Waals surface area contributed by atoms with Crippen LogP contribution in [-0.4, -0.2) is 10.9 Å². The Hall–Kier alpha value is -0.900. The van der Waals surface area contributed by atoms with Crippen LogP contribution in [0.15, 0.2) is 6.20 Å². The fraction of sp³-hybridized carbons (Fsp3) is 0.750. The summed E-state index contributed by atoms with van der Waals surface area (Å²) in [6.45, 7) is 4.70. The van der Waals surface area contributed by atoms with E-state index in [2.05, 4.69) is 24.1 Å². The minimum Gasteiger partial charge on any atom is -0.316 e. The number of hydrogen-bond acceptors (Lipinski definition) is 3. The molecule has 1 N–H and O–H groups in total. The van der Waals surface area contributed by atoms with Gasteiger partial charge in [0.15, 0.2) is 0 Å². The largest absolute Gasteiger partial charge is 0.316 e. The van der Waals surface area contributed by atoms with E-state index in [1.807, 2.05) is 6.20 Å². The first-order valence-corrected chi connectivity index (χ1v) is 8.64. The van der Waals surface area contributed by atoms with Gasteiger partial charge in [-0.2, -0.15) is 0 Å². The molecule has 2 saturated carbocycles. The normalized spacial score (nSPS) is 26.0. The molecule has 0 aromatic carbocycles. The van der Waals surface area contributed by atoms with E-state index < -0.39 is 0 Å². The van der Waals surface area contributed by atoms with Crippen LogP contribution >= 0.6 is 11.3 Å². The van der Waals surface area contributed by atoms with Gasteiger partial charge in [0, 0.05) is 11.8 Å². The van der Waals surface area contributed by atoms with E-state index in [0.29, 0.717) is 11.3 Å². The van der Waals surface area contributed by atoms with Crippen LogP contribution in [0.2, 0.25) is 0 Å². The molecule has 0 unspecified atom stereocenters. The van der Waals surface area contributed by atoms with Gasteiger partial charge in [-0.15, -0.1) is 11.3 Å². The van der Waals surface area contributed by atoms with Crippen molar-refractivity contribution in [2.75, 3.05) is 5.32 Å². The second-order valence-corrected chi connectivity index (χ2v) is 8.03. The highest BCUT2D eigenvalue weighted by molar-refractivity contribution is 7.15. The number of nitrogens with zero attached hydrogens (tertiary/aromatic N) is 1. The molecule has 0 radical (unpaired) electrons. The Kier molecular flexibility index (Phi) is 3.85. The summed E-state index contributed by atoms with van der Waals surface area (Å²) in [5, 5.41) is 5.18. The van der Waals surface area contributed by atoms with Crippen LogP contribution in [0.25, 0.3) is 0 Å². The van der Waals surface area contributed by atoms with E-state index in [4.69, 9.17) is 0 Å². The van der Waals surface area contributed by atoms with Crippen molar-refractivity contribution in [3.8, 4) is 0 Å². The molecule has 4 heteroatoms. The van der Waals surface area contributed by atoms with Crippen molar-refractivity contribution in [3.63, 3.8) is 0 Å². The average Bonchev–Trinajstić information content (AvgIpc) is 2.74. The molecule has 2 fully saturated rings. The van der Waals surface area contributed by atoms with Gasteiger partial charge in [0.05, 0.1) is 11.2 Å². The summed E-state index contributed by atoms with van der Waals surface area (Å²) in [7, 11) is 0. The van der Waals surface area contributed by atoms with Crippen molar-refractivity contribution >= 4 is 22.2 Å². The number of hydrogen-bond donors (Lipinski definition) is 1. The number of aromatic nitrogens is 1. The summed E-state index contributed by atoms with van der Waals surface area (Å²) in [6, 6.07) is 0. The molecular formula is C16H24N2OS. The maximum atomic E-state index is 12.0. The topological polar surface area (TPSA) is 42.0 Å². The highest BCUT2D eigenvalue weighted by Crippen LogP contribution is 2.48. The lowest BCUT2D eigenvalue weighted by atomic mass is 9.69. The van der Waals surface area contributed by atoms with Crippen molar-refractivity contribution in [2.24, 2.45) is 11.3 Å². The molecule has 1 atom stereocenters. The predicted molar refractivity (Wildman–Crippen MR) is 83.1 cm³/mol. The third-order valence-corrected chi connectivity index (χ3v) is 6.08. The molecule has 0 spiro atoms. The van der Waals surface area contributed by atoms with Crippen LogP contribution in [0.4, 0.5) is 5.00 Å². The van der Waals surface area contributed by atoms with E-state index in [1.54, 1.807) is 11.3 Å². The Morgan fingerprint density at radius 1 is 1.30 bits per heavy atom. The zero-order chi connectivity index (χ0) is 14.2. The lowest BCUT2D eigenvalue weighted by molar-refractivity contribution is -0.122. The van der Waals surface area contributed by atoms with Gasteiger partial charge in [-0.1, -0.05) is 33.1 Å². The molecule has 110 valence electrons. The number of carbonyl (C=O) groups is 1. The predicted octanol–water partition coefficient (Wildman–Crippen LogP) is 4.57. The van der Waals surface area contributed by atoms with E-state index in [-0.39, 0.29) is 11.8 Å². The molecule has 2 aliphatic rings. The van der Waals surface area contributed by atoms with E-state index in [0.717, 1.165) is 17.8 Å². The number of anilines is 1. The summed E-state index contributed by atoms with van der Waals surface area (Å²) in [5.41, 5.74) is 0.339. The van der Waals surface area contributed by atoms with Crippen LogP contribution in [-0.2, 0) is 4.79 Å². The molecule has 1 aromatic rings. The van der Waals surface area contributed by atoms with Gasteiger partial charge < -0.3 is 5.32 Å². The molecule has 0 aliphatic heterocycles. The fourth-order valence-corrected chi connectivity index (χ4v) is 4.52. The summed E-state index contributed by atoms with van der Waals surface area (Å²) in [5.74, 6) is 0.983. The highest BCUT2D eigenvalue weighted by atomic mass is 32.1. The van der Waals surface area contributed by atoms with Crippen molar-refractivity contribution in [2.45, 2.75) is 64.7 Å². The standard InChI is InChI=1S/C16H24N2OS/c1-16(2)9-4-3-8-12(16)15-17-10-13(20-15)18-14(19)11-6-5-7-11/h10-12H,3-9H2,1-2H3,(H,18,19)/t12-/m1/s1. The summed E-state index contributed by atoms with van der Waals surface area (Å²) in [4.78, 5) is 16.6. The van der Waals surface area contributed by atoms with E-state index >= 15 is 0 Å². The molecule has 2 aliphatic carbocycles. The van der Waals surface area contributed by atoms with Crippen LogP contribution in [0.1, 0.15) is 69.7 Å². The molecule has 3 nitrogen and oxygen atoms in total. The van der Waals surface area contributed by atoms with Gasteiger partial charge in [-0.3, -0.25) is 4.79 Å². The molecule has 1 heterocycles. The lowest BCUT2D eigenvalue weighted by Gasteiger charge is -2.37. The quantitative estimate of drug-likeness (QED) is 0.887. The number of nitrogens with one attached hydrogen (secondary N) is 1. The average molecular weight is 292 g/mol. The third-order valence-electron chi connectivity index (χ3n) is 5.05. The number of carbonyl (C=O) groups excluding carboxylic acids is 1. The third kappa shape index (κ3) is 2.76. The first kappa shape index (κ1) is 14.1. The van der Waals surface area contributed by atoms with Crippen molar-refractivity contribution in [1.29, 1.82) is 0 Å². The molecule has 0 saturated heterocycles. The SMILES string of the molecule is CC1(C)CCCC[C@@H]1c1ncc(NC(=O)C2CCC2)s1. The van der Waals surface area contributed by atoms with E-state index in [9.17, 15) is 4.79 Å². The molecule has 3 rings (SSSR count). The van der Waals surface area contributed by atoms with Gasteiger partial charge in [-0.05, 0) is 31.1 Å². The summed E-state index contributed by atoms with van der Waals surface area (Å²) in [6.07, 6.45) is 10.3. The maximum Gasteiger partial charge on any atom is 0.228 e. The van der Waals surface area contributed by atoms with Gasteiger partial charge in [0.2, 0.25) is 5.91 Å². The summed E-state index contributed by atoms with van der Waals surface area (Å²) < 4.78 is 0. The Labute approximate surface area is 125 Å². The lowest BCUT2D eigenvalue weighted by Crippen LogP contribution is -2.27.